The van der Waals surface area contributed by atoms with Gasteiger partial charge in [0.15, 0.2) is 5.78 Å². The van der Waals surface area contributed by atoms with Crippen LogP contribution in [0.25, 0.3) is 0 Å². The van der Waals surface area contributed by atoms with Gasteiger partial charge in [-0.1, -0.05) is 38.3 Å². The van der Waals surface area contributed by atoms with E-state index in [-0.39, 0.29) is 75.8 Å². The highest BCUT2D eigenvalue weighted by Gasteiger charge is 2.35. The number of halogens is 1. The summed E-state index contributed by atoms with van der Waals surface area (Å²) in [6.07, 6.45) is 13.4. The lowest BCUT2D eigenvalue weighted by atomic mass is 10.1. The van der Waals surface area contributed by atoms with Crippen molar-refractivity contribution >= 4 is 78.0 Å². The maximum Gasteiger partial charge on any atom is 0.411 e. The zero-order valence-corrected chi connectivity index (χ0v) is 74.2. The fraction of sp³-hybridized carbons (Fsp3) is 0.747. The van der Waals surface area contributed by atoms with Crippen molar-refractivity contribution in [1.29, 1.82) is 0 Å². The van der Waals surface area contributed by atoms with Crippen LogP contribution in [0.1, 0.15) is 138 Å². The van der Waals surface area contributed by atoms with Gasteiger partial charge in [-0.05, 0) is 158 Å². The molecule has 10 saturated heterocycles. The number of amides is 5. The molecule has 0 aromatic carbocycles. The molecular weight excluding hydrogens is 1570 g/mol. The Labute approximate surface area is 695 Å². The van der Waals surface area contributed by atoms with Gasteiger partial charge in [0, 0.05) is 154 Å². The number of aliphatic hydroxyl groups excluding tert-OH is 1. The molecule has 10 aliphatic heterocycles. The molecule has 0 bridgehead atoms. The average Bonchev–Trinajstić information content (AvgIpc) is 0.873. The first-order valence-corrected chi connectivity index (χ1v) is 43.2. The number of hydrogen-bond donors (Lipinski definition) is 3. The van der Waals surface area contributed by atoms with Crippen LogP contribution in [-0.2, 0) is 89.8 Å². The van der Waals surface area contributed by atoms with Gasteiger partial charge in [-0.25, -0.2) is 42.0 Å². The van der Waals surface area contributed by atoms with E-state index in [1.807, 2.05) is 62.3 Å². The number of rotatable bonds is 12. The molecule has 10 heterocycles. The largest absolute Gasteiger partial charge is 0.463 e. The van der Waals surface area contributed by atoms with Crippen molar-refractivity contribution in [3.63, 3.8) is 0 Å². The minimum Gasteiger partial charge on any atom is -0.463 e. The van der Waals surface area contributed by atoms with Gasteiger partial charge in [0.1, 0.15) is 28.0 Å². The molecule has 5 amide bonds. The van der Waals surface area contributed by atoms with Crippen LogP contribution in [0.2, 0.25) is 0 Å². The van der Waals surface area contributed by atoms with E-state index in [2.05, 4.69) is 58.8 Å². The monoisotopic (exact) mass is 1710 g/mol. The van der Waals surface area contributed by atoms with Gasteiger partial charge in [0.25, 0.3) is 10.1 Å². The highest BCUT2D eigenvalue weighted by Crippen LogP contribution is 2.23. The number of likely N-dealkylation sites (tertiary alicyclic amines) is 5. The zero-order valence-electron chi connectivity index (χ0n) is 71.8. The molecule has 0 spiro atoms. The van der Waals surface area contributed by atoms with Crippen LogP contribution in [0.15, 0.2) is 70.9 Å². The van der Waals surface area contributed by atoms with Crippen LogP contribution in [0, 0.1) is 0 Å². The van der Waals surface area contributed by atoms with Gasteiger partial charge in [-0.2, -0.15) is 8.42 Å². The summed E-state index contributed by atoms with van der Waals surface area (Å²) < 4.78 is 100. The first-order valence-electron chi connectivity index (χ1n) is 38.7. The third kappa shape index (κ3) is 59.0. The molecule has 37 heteroatoms. The molecule has 0 aliphatic carbocycles. The Morgan fingerprint density at radius 1 is 0.457 bits per heavy atom. The maximum atomic E-state index is 11.7. The second kappa shape index (κ2) is 55.8. The molecule has 10 aliphatic rings. The number of aliphatic hydroxyl groups is 1. The lowest BCUT2D eigenvalue weighted by Crippen LogP contribution is -2.52. The third-order valence-electron chi connectivity index (χ3n) is 15.1. The number of esters is 2. The standard InChI is InChI=1S/C14H24N2O3.C12H19NO4.C11H19NO5S.C10H17NO3.C9H16N2O.C8H13NO3.C5H8O2.C4H9NO.C4H8O.CH3ClO2S.CH4/c1-14(2,3)19-13(17)16-10-12(11-16)4-5-15-6-8-18-9-7-15;1-5-16-10(14)6-9-7-13(8-9)11(15)17-12(2,3)4;1-11(2,3)17-10(13)12-7-9(8-12)5-6-16-18(4,14)15;1-10(2,3)14-9(13)11-6-8(7-11)4-5-12;1(9-7-10-8-9)2-11-3-5-12-6-4-11;1-8(2,3)12-7(11)9-4-6(10)5-9;1-3-5(6)7-4-2;1-3-6-4-2-5-1;1-2-4-5-3-1;1-5(2,3)4;/h4H,5-11H2,1-3H3;6H,5,7-8H2,1-4H3;5H,6-8H2,1-4H3;4,12H,5-7H2,1-3H3;1,10H,2-8H2;4-5H2,1-3H3;3H,1,4H2,2H3;5H,1-4H2;1-4H2;1H3;1H4. The number of carbonyl (C=O) groups is 8. The number of morpholine rings is 3. The second-order valence-electron chi connectivity index (χ2n) is 32.1. The van der Waals surface area contributed by atoms with E-state index < -0.39 is 53.3 Å². The second-order valence-corrected chi connectivity index (χ2v) is 36.8. The average molecular weight is 1720 g/mol. The molecular formula is C79H140ClN9O25S2. The molecule has 0 atom stereocenters. The number of nitrogens with one attached hydrogen (secondary N) is 2. The molecule has 0 saturated carbocycles. The molecule has 0 unspecified atom stereocenters. The van der Waals surface area contributed by atoms with Crippen molar-refractivity contribution in [1.82, 2.24) is 44.9 Å². The Bertz CT molecular complexity index is 3320. The molecule has 0 radical (unpaired) electrons. The number of nitrogens with zero attached hydrogens (tertiary/aromatic N) is 7. The number of ketones is 1. The molecule has 670 valence electrons. The maximum absolute atomic E-state index is 11.7. The summed E-state index contributed by atoms with van der Waals surface area (Å²) in [5.74, 6) is -0.630. The van der Waals surface area contributed by atoms with E-state index in [4.69, 9.17) is 52.5 Å². The Morgan fingerprint density at radius 3 is 1.01 bits per heavy atom. The number of carbonyl (C=O) groups excluding carboxylic acids is 8. The van der Waals surface area contributed by atoms with Gasteiger partial charge in [0.05, 0.1) is 91.7 Å². The smallest absolute Gasteiger partial charge is 0.411 e. The third-order valence-corrected chi connectivity index (χ3v) is 15.7. The number of Topliss-reactive ketones (excluding diaryl/α,β-unsaturated/α-hetero) is 1. The number of ether oxygens (including phenoxy) is 11. The van der Waals surface area contributed by atoms with Gasteiger partial charge in [0.2, 0.25) is 9.05 Å². The van der Waals surface area contributed by atoms with E-state index in [0.717, 1.165) is 154 Å². The van der Waals surface area contributed by atoms with Crippen LogP contribution in [0.5, 0.6) is 0 Å². The Morgan fingerprint density at radius 2 is 0.759 bits per heavy atom. The van der Waals surface area contributed by atoms with Crippen molar-refractivity contribution in [2.75, 3.05) is 223 Å². The van der Waals surface area contributed by atoms with E-state index >= 15 is 0 Å². The lowest BCUT2D eigenvalue weighted by molar-refractivity contribution is -0.138. The molecule has 3 N–H and O–H groups in total. The highest BCUT2D eigenvalue weighted by atomic mass is 35.7. The van der Waals surface area contributed by atoms with Crippen LogP contribution >= 0.6 is 10.7 Å². The van der Waals surface area contributed by atoms with E-state index in [9.17, 15) is 55.2 Å². The fourth-order valence-corrected chi connectivity index (χ4v) is 9.71. The quantitative estimate of drug-likeness (QED) is 0.0414. The minimum atomic E-state index is -3.41. The highest BCUT2D eigenvalue weighted by molar-refractivity contribution is 8.13. The normalized spacial score (nSPS) is 17.8. The molecule has 10 fully saturated rings. The summed E-state index contributed by atoms with van der Waals surface area (Å²) in [6.45, 7) is 57.5. The Hall–Kier alpha value is -6.81. The SMILES string of the molecule is C.C(CN1CCOCC1)=C1CNC1.C1CCOC1.C1COCCN1.C=CC(=O)OCC.CC(C)(C)OC(=O)N1CC(=CCN2CCOCC2)C1.CC(C)(C)OC(=O)N1CC(=CCO)C1.CC(C)(C)OC(=O)N1CC(=CCOS(C)(=O)=O)C1.CC(C)(C)OC(=O)N1CC(=O)C1.CCOC(=O)C=C1CN(C(=O)OC(C)(C)C)C1.CS(=O)(=O)Cl. The summed E-state index contributed by atoms with van der Waals surface area (Å²) in [6, 6.07) is 0. The van der Waals surface area contributed by atoms with Crippen molar-refractivity contribution in [2.24, 2.45) is 0 Å². The van der Waals surface area contributed by atoms with Crippen molar-refractivity contribution < 1.29 is 117 Å². The molecule has 0 aromatic rings. The Balaban J connectivity index is 0.00000130. The van der Waals surface area contributed by atoms with Crippen LogP contribution < -0.4 is 10.6 Å². The minimum absolute atomic E-state index is 0. The predicted octanol–water partition coefficient (Wildman–Crippen LogP) is 8.13. The van der Waals surface area contributed by atoms with Crippen molar-refractivity contribution in [2.45, 2.75) is 166 Å². The van der Waals surface area contributed by atoms with Gasteiger partial charge < -0.3 is 87.4 Å². The fourth-order valence-electron chi connectivity index (χ4n) is 9.39. The molecule has 10 rings (SSSR count). The molecule has 0 aromatic heterocycles. The summed E-state index contributed by atoms with van der Waals surface area (Å²) in [4.78, 5) is 102. The van der Waals surface area contributed by atoms with Crippen LogP contribution in [0.4, 0.5) is 24.0 Å². The first-order chi connectivity index (χ1) is 53.4. The molecule has 34 nitrogen and oxygen atoms in total. The summed E-state index contributed by atoms with van der Waals surface area (Å²) in [5.41, 5.74) is 3.48. The van der Waals surface area contributed by atoms with Crippen LogP contribution in [-0.4, -0.2) is 355 Å². The van der Waals surface area contributed by atoms with Crippen molar-refractivity contribution in [3.8, 4) is 0 Å². The van der Waals surface area contributed by atoms with Crippen LogP contribution in [0.3, 0.4) is 0 Å². The van der Waals surface area contributed by atoms with E-state index in [1.165, 1.54) is 39.2 Å². The lowest BCUT2D eigenvalue weighted by Gasteiger charge is -2.36. The first kappa shape index (κ1) is 109. The van der Waals surface area contributed by atoms with Gasteiger partial charge >= 0.3 is 42.4 Å². The predicted molar refractivity (Wildman–Crippen MR) is 444 cm³/mol. The summed E-state index contributed by atoms with van der Waals surface area (Å²) in [7, 11) is -2.10. The summed E-state index contributed by atoms with van der Waals surface area (Å²) >= 11 is 0. The molecule has 116 heavy (non-hydrogen) atoms. The van der Waals surface area contributed by atoms with E-state index in [0.29, 0.717) is 65.6 Å². The zero-order chi connectivity index (χ0) is 87.2. The van der Waals surface area contributed by atoms with E-state index in [1.54, 1.807) is 82.9 Å². The van der Waals surface area contributed by atoms with Gasteiger partial charge in [-0.3, -0.25) is 23.7 Å². The van der Waals surface area contributed by atoms with Gasteiger partial charge in [-0.15, -0.1) is 0 Å². The summed E-state index contributed by atoms with van der Waals surface area (Å²) in [5, 5.41) is 15.0. The Kier molecular flexibility index (Phi) is 52.6. The number of hydrogen-bond acceptors (Lipinski definition) is 29. The topological polar surface area (TPSA) is 383 Å². The van der Waals surface area contributed by atoms with Crippen molar-refractivity contribution in [3.05, 3.63) is 70.9 Å².